The Morgan fingerprint density at radius 1 is 1.31 bits per heavy atom. The van der Waals surface area contributed by atoms with E-state index < -0.39 is 0 Å². The summed E-state index contributed by atoms with van der Waals surface area (Å²) in [6.45, 7) is 7.40. The Morgan fingerprint density at radius 3 is 2.59 bits per heavy atom. The lowest BCUT2D eigenvalue weighted by Gasteiger charge is -2.34. The molecule has 0 saturated carbocycles. The highest BCUT2D eigenvalue weighted by molar-refractivity contribution is 6.31. The number of likely N-dealkylation sites (N-methyl/N-ethyl adjacent to an activating group) is 1. The maximum atomic E-state index is 12.6. The summed E-state index contributed by atoms with van der Waals surface area (Å²) in [5.41, 5.74) is 5.05. The number of hydrogen-bond donors (Lipinski definition) is 2. The number of halogens is 1. The number of anilines is 1. The van der Waals surface area contributed by atoms with Crippen molar-refractivity contribution in [1.82, 2.24) is 20.2 Å². The van der Waals surface area contributed by atoms with Crippen LogP contribution in [0.3, 0.4) is 0 Å². The molecule has 0 aliphatic carbocycles. The van der Waals surface area contributed by atoms with Crippen LogP contribution in [0.2, 0.25) is 5.02 Å². The number of carbonyl (C=O) groups is 2. The van der Waals surface area contributed by atoms with Crippen molar-refractivity contribution >= 4 is 29.1 Å². The number of methoxy groups -OCH3 is 1. The minimum absolute atomic E-state index is 0.0171. The summed E-state index contributed by atoms with van der Waals surface area (Å²) in [5.74, 6) is 0.759. The van der Waals surface area contributed by atoms with Crippen LogP contribution in [0.5, 0.6) is 5.75 Å². The van der Waals surface area contributed by atoms with E-state index in [-0.39, 0.29) is 24.3 Å². The minimum atomic E-state index is -0.0966. The summed E-state index contributed by atoms with van der Waals surface area (Å²) in [6.07, 6.45) is 1.31. The van der Waals surface area contributed by atoms with Gasteiger partial charge in [-0.3, -0.25) is 15.0 Å². The van der Waals surface area contributed by atoms with Crippen molar-refractivity contribution in [2.45, 2.75) is 5.92 Å². The van der Waals surface area contributed by atoms with Gasteiger partial charge in [0.25, 0.3) is 0 Å². The number of rotatable bonds is 6. The molecule has 1 aromatic rings. The van der Waals surface area contributed by atoms with Crippen molar-refractivity contribution in [3.8, 4) is 5.75 Å². The Hall–Kier alpha value is -2.29. The van der Waals surface area contributed by atoms with Gasteiger partial charge in [0.05, 0.1) is 19.3 Å². The predicted molar refractivity (Wildman–Crippen MR) is 113 cm³/mol. The van der Waals surface area contributed by atoms with Crippen LogP contribution in [-0.2, 0) is 9.59 Å². The van der Waals surface area contributed by atoms with Gasteiger partial charge in [-0.25, -0.2) is 5.01 Å². The zero-order chi connectivity index (χ0) is 21.0. The Bertz CT molecular complexity index is 780. The Balaban J connectivity index is 1.63. The van der Waals surface area contributed by atoms with Crippen molar-refractivity contribution in [2.75, 3.05) is 65.3 Å². The molecule has 9 heteroatoms. The molecule has 1 atom stereocenters. The van der Waals surface area contributed by atoms with Crippen LogP contribution >= 0.6 is 11.6 Å². The van der Waals surface area contributed by atoms with Crippen molar-refractivity contribution < 1.29 is 14.3 Å². The third-order valence-corrected chi connectivity index (χ3v) is 5.74. The Labute approximate surface area is 176 Å². The van der Waals surface area contributed by atoms with Crippen LogP contribution in [0.25, 0.3) is 0 Å². The van der Waals surface area contributed by atoms with Crippen molar-refractivity contribution in [1.29, 1.82) is 0 Å². The molecule has 2 fully saturated rings. The monoisotopic (exact) mass is 421 g/mol. The van der Waals surface area contributed by atoms with Gasteiger partial charge in [-0.2, -0.15) is 0 Å². The summed E-state index contributed by atoms with van der Waals surface area (Å²) in [4.78, 5) is 27.8. The van der Waals surface area contributed by atoms with Crippen LogP contribution in [0.4, 0.5) is 5.69 Å². The molecular weight excluding hydrogens is 394 g/mol. The molecule has 29 heavy (non-hydrogen) atoms. The van der Waals surface area contributed by atoms with E-state index in [1.54, 1.807) is 23.0 Å². The maximum absolute atomic E-state index is 12.6. The fourth-order valence-corrected chi connectivity index (χ4v) is 4.02. The number of nitrogens with zero attached hydrogens (tertiary/aromatic N) is 3. The SMILES string of the molecule is C=CC(=O)N1CCN(C(=O)CNc2cc(C3CNN(C)C3)c(Cl)cc2OC)CC1. The second-order valence-electron chi connectivity index (χ2n) is 7.28. The average Bonchev–Trinajstić information content (AvgIpc) is 3.17. The van der Waals surface area contributed by atoms with Crippen molar-refractivity contribution in [3.63, 3.8) is 0 Å². The summed E-state index contributed by atoms with van der Waals surface area (Å²) >= 11 is 6.48. The number of carbonyl (C=O) groups excluding carboxylic acids is 2. The molecule has 0 spiro atoms. The van der Waals surface area contributed by atoms with Gasteiger partial charge in [0.15, 0.2) is 0 Å². The smallest absolute Gasteiger partial charge is 0.246 e. The second-order valence-corrected chi connectivity index (χ2v) is 7.68. The largest absolute Gasteiger partial charge is 0.495 e. The molecule has 2 aliphatic heterocycles. The van der Waals surface area contributed by atoms with Gasteiger partial charge in [-0.05, 0) is 17.7 Å². The van der Waals surface area contributed by atoms with Gasteiger partial charge >= 0.3 is 0 Å². The van der Waals surface area contributed by atoms with E-state index in [2.05, 4.69) is 17.3 Å². The molecule has 2 aliphatic rings. The van der Waals surface area contributed by atoms with Crippen LogP contribution in [0.1, 0.15) is 11.5 Å². The molecule has 0 bridgehead atoms. The molecule has 0 aromatic heterocycles. The van der Waals surface area contributed by atoms with E-state index in [0.717, 1.165) is 24.3 Å². The molecule has 8 nitrogen and oxygen atoms in total. The third kappa shape index (κ3) is 5.01. The van der Waals surface area contributed by atoms with E-state index in [0.29, 0.717) is 37.0 Å². The van der Waals surface area contributed by atoms with Crippen LogP contribution in [0, 0.1) is 0 Å². The first kappa shape index (κ1) is 21.4. The van der Waals surface area contributed by atoms with Gasteiger partial charge < -0.3 is 19.9 Å². The van der Waals surface area contributed by atoms with Gasteiger partial charge in [-0.15, -0.1) is 0 Å². The van der Waals surface area contributed by atoms with E-state index in [1.807, 2.05) is 18.1 Å². The number of ether oxygens (including phenoxy) is 1. The molecule has 1 unspecified atom stereocenters. The predicted octanol–water partition coefficient (Wildman–Crippen LogP) is 1.15. The normalized spacial score (nSPS) is 19.9. The lowest BCUT2D eigenvalue weighted by Crippen LogP contribution is -2.51. The number of benzene rings is 1. The third-order valence-electron chi connectivity index (χ3n) is 5.41. The number of nitrogens with one attached hydrogen (secondary N) is 2. The zero-order valence-corrected chi connectivity index (χ0v) is 17.7. The maximum Gasteiger partial charge on any atom is 0.246 e. The topological polar surface area (TPSA) is 77.2 Å². The van der Waals surface area contributed by atoms with Crippen LogP contribution in [-0.4, -0.2) is 86.6 Å². The number of amides is 2. The van der Waals surface area contributed by atoms with E-state index in [4.69, 9.17) is 16.3 Å². The van der Waals surface area contributed by atoms with Gasteiger partial charge in [-0.1, -0.05) is 18.2 Å². The van der Waals surface area contributed by atoms with Crippen molar-refractivity contribution in [2.24, 2.45) is 0 Å². The van der Waals surface area contributed by atoms with E-state index in [9.17, 15) is 9.59 Å². The van der Waals surface area contributed by atoms with Crippen LogP contribution < -0.4 is 15.5 Å². The first-order valence-electron chi connectivity index (χ1n) is 9.68. The molecule has 1 aromatic carbocycles. The lowest BCUT2D eigenvalue weighted by molar-refractivity contribution is -0.135. The molecule has 2 amide bonds. The quantitative estimate of drug-likeness (QED) is 0.671. The summed E-state index contributed by atoms with van der Waals surface area (Å²) < 4.78 is 5.44. The first-order valence-corrected chi connectivity index (χ1v) is 10.1. The number of piperazine rings is 1. The summed E-state index contributed by atoms with van der Waals surface area (Å²) in [6, 6.07) is 3.77. The molecule has 2 heterocycles. The minimum Gasteiger partial charge on any atom is -0.495 e. The lowest BCUT2D eigenvalue weighted by atomic mass is 9.99. The highest BCUT2D eigenvalue weighted by Gasteiger charge is 2.25. The molecule has 158 valence electrons. The van der Waals surface area contributed by atoms with E-state index >= 15 is 0 Å². The second kappa shape index (κ2) is 9.47. The Kier molecular flexibility index (Phi) is 7.00. The Morgan fingerprint density at radius 2 is 2.00 bits per heavy atom. The van der Waals surface area contributed by atoms with Gasteiger partial charge in [0, 0.05) is 63.3 Å². The first-order chi connectivity index (χ1) is 13.9. The molecule has 2 saturated heterocycles. The average molecular weight is 422 g/mol. The highest BCUT2D eigenvalue weighted by atomic mass is 35.5. The standard InChI is InChI=1S/C20H28ClN5O3/c1-4-19(27)25-5-7-26(8-6-25)20(28)12-22-17-9-15(14-11-23-24(2)13-14)16(21)10-18(17)29-3/h4,9-10,14,22-23H,1,5-8,11-13H2,2-3H3. The molecule has 2 N–H and O–H groups in total. The molecule has 3 rings (SSSR count). The number of hydrazine groups is 1. The fraction of sp³-hybridized carbons (Fsp3) is 0.500. The number of hydrogen-bond acceptors (Lipinski definition) is 6. The zero-order valence-electron chi connectivity index (χ0n) is 16.9. The van der Waals surface area contributed by atoms with Gasteiger partial charge in [0.2, 0.25) is 11.8 Å². The van der Waals surface area contributed by atoms with Gasteiger partial charge in [0.1, 0.15) is 5.75 Å². The van der Waals surface area contributed by atoms with E-state index in [1.165, 1.54) is 6.08 Å². The highest BCUT2D eigenvalue weighted by Crippen LogP contribution is 2.36. The molecular formula is C20H28ClN5O3. The summed E-state index contributed by atoms with van der Waals surface area (Å²) in [7, 11) is 3.58. The molecule has 0 radical (unpaired) electrons. The summed E-state index contributed by atoms with van der Waals surface area (Å²) in [5, 5.41) is 5.90. The fourth-order valence-electron chi connectivity index (χ4n) is 3.71. The van der Waals surface area contributed by atoms with Crippen LogP contribution in [0.15, 0.2) is 24.8 Å². The van der Waals surface area contributed by atoms with Crippen molar-refractivity contribution in [3.05, 3.63) is 35.4 Å².